The number of carbonyl (C=O) groups is 2. The predicted molar refractivity (Wildman–Crippen MR) is 266 cm³/mol. The molecule has 3 atom stereocenters. The third-order valence-electron chi connectivity index (χ3n) is 11.0. The first-order valence-electron chi connectivity index (χ1n) is 23.5. The summed E-state index contributed by atoms with van der Waals surface area (Å²) in [6, 6.07) is 2.91. The van der Waals surface area contributed by atoms with Crippen molar-refractivity contribution in [1.29, 1.82) is 0 Å². The molecule has 0 N–H and O–H groups in total. The van der Waals surface area contributed by atoms with Gasteiger partial charge in [-0.05, 0) is 157 Å². The zero-order valence-electron chi connectivity index (χ0n) is 42.2. The molecule has 1 saturated heterocycles. The molecule has 3 unspecified atom stereocenters. The second-order valence-corrected chi connectivity index (χ2v) is 24.0. The molecule has 0 aromatic heterocycles. The Labute approximate surface area is 387 Å². The molecule has 0 radical (unpaired) electrons. The van der Waals surface area contributed by atoms with Gasteiger partial charge in [0.2, 0.25) is 0 Å². The van der Waals surface area contributed by atoms with Crippen LogP contribution < -0.4 is 0 Å². The topological polar surface area (TPSA) is 90.5 Å². The molecule has 1 rings (SSSR count). The van der Waals surface area contributed by atoms with Crippen molar-refractivity contribution in [3.8, 4) is 0 Å². The summed E-state index contributed by atoms with van der Waals surface area (Å²) in [5, 5.41) is 0.473. The molecule has 0 saturated carbocycles. The molecular weight excluding hydrogens is 847 g/mol. The van der Waals surface area contributed by atoms with E-state index in [-0.39, 0.29) is 28.2 Å². The highest BCUT2D eigenvalue weighted by atomic mass is 32.2. The maximum Gasteiger partial charge on any atom is 0.194 e. The summed E-state index contributed by atoms with van der Waals surface area (Å²) in [5.41, 5.74) is 0. The minimum atomic E-state index is -1.09. The number of thioether (sulfide) groups is 2. The summed E-state index contributed by atoms with van der Waals surface area (Å²) < 4.78 is 35.4. The molecule has 0 aromatic carbocycles. The van der Waals surface area contributed by atoms with Gasteiger partial charge in [-0.1, -0.05) is 30.4 Å². The second-order valence-electron chi connectivity index (χ2n) is 18.6. The Morgan fingerprint density at radius 2 is 1.05 bits per heavy atom. The van der Waals surface area contributed by atoms with Crippen molar-refractivity contribution >= 4 is 50.7 Å². The van der Waals surface area contributed by atoms with Crippen molar-refractivity contribution in [2.24, 2.45) is 5.92 Å². The van der Waals surface area contributed by atoms with Gasteiger partial charge in [0, 0.05) is 79.0 Å². The average Bonchev–Trinajstić information content (AvgIpc) is 3.14. The Kier molecular flexibility index (Phi) is 31.5. The van der Waals surface area contributed by atoms with E-state index < -0.39 is 16.9 Å². The fraction of sp³-hybridized carbons (Fsp3) is 0.956. The smallest absolute Gasteiger partial charge is 0.194 e. The van der Waals surface area contributed by atoms with Crippen molar-refractivity contribution < 1.29 is 28.1 Å². The lowest BCUT2D eigenvalue weighted by Gasteiger charge is -2.47. The summed E-state index contributed by atoms with van der Waals surface area (Å²) in [6.45, 7) is 44.4. The Morgan fingerprint density at radius 3 is 1.49 bits per heavy atom. The van der Waals surface area contributed by atoms with Crippen molar-refractivity contribution in [2.45, 2.75) is 198 Å². The first-order valence-corrected chi connectivity index (χ1v) is 27.8. The van der Waals surface area contributed by atoms with Gasteiger partial charge in [0.05, 0.1) is 39.0 Å². The Hall–Kier alpha value is 0.500. The van der Waals surface area contributed by atoms with Crippen LogP contribution >= 0.6 is 40.4 Å². The van der Waals surface area contributed by atoms with E-state index >= 15 is 0 Å². The Bertz CT molecular complexity index is 1130. The Morgan fingerprint density at radius 1 is 0.607 bits per heavy atom. The summed E-state index contributed by atoms with van der Waals surface area (Å²) in [7, 11) is 0.0933. The molecule has 1 fully saturated rings. The normalized spacial score (nSPS) is 16.6. The van der Waals surface area contributed by atoms with Crippen LogP contribution in [0.25, 0.3) is 0 Å². The molecule has 0 aliphatic carbocycles. The number of rotatable bonds is 33. The van der Waals surface area contributed by atoms with E-state index in [0.717, 1.165) is 45.4 Å². The molecule has 362 valence electrons. The number of nitrogens with zero attached hydrogens (tertiary/aromatic N) is 6. The molecule has 1 aliphatic heterocycles. The fourth-order valence-electron chi connectivity index (χ4n) is 8.30. The Balaban J connectivity index is 2.70. The highest BCUT2D eigenvalue weighted by molar-refractivity contribution is 8.13. The standard InChI is InChI=1S/C45H94N6O6P2S2/c1-19-47(25-22-44(52)60-31-30-54-26-28-56-58(48(34(2)3)35(4)5)49(36(6)7)37(8)9)41(16)32-42(17)51(40(14)15)59(50(38(10)11)39(12)13)57-29-27-55-33-61-45(53)43-20-23-46(18)24-21-43/h34-43H,19-33H2,1-18H3. The molecule has 1 aliphatic rings. The van der Waals surface area contributed by atoms with Gasteiger partial charge < -0.3 is 28.3 Å². The van der Waals surface area contributed by atoms with Crippen LogP contribution in [0.15, 0.2) is 0 Å². The van der Waals surface area contributed by atoms with Gasteiger partial charge in [-0.3, -0.25) is 9.59 Å². The molecule has 0 bridgehead atoms. The van der Waals surface area contributed by atoms with Crippen LogP contribution in [0.1, 0.15) is 143 Å². The van der Waals surface area contributed by atoms with Gasteiger partial charge in [-0.25, -0.2) is 18.7 Å². The lowest BCUT2D eigenvalue weighted by atomic mass is 9.99. The monoisotopic (exact) mass is 941 g/mol. The first kappa shape index (κ1) is 59.5. The summed E-state index contributed by atoms with van der Waals surface area (Å²) in [5.74, 6) is 1.16. The van der Waals surface area contributed by atoms with Crippen molar-refractivity contribution in [2.75, 3.05) is 78.0 Å². The van der Waals surface area contributed by atoms with Gasteiger partial charge in [0.1, 0.15) is 0 Å². The minimum absolute atomic E-state index is 0.143. The summed E-state index contributed by atoms with van der Waals surface area (Å²) >= 11 is 2.70. The van der Waals surface area contributed by atoms with Crippen LogP contribution in [0.3, 0.4) is 0 Å². The van der Waals surface area contributed by atoms with E-state index in [9.17, 15) is 9.59 Å². The summed E-state index contributed by atoms with van der Waals surface area (Å²) in [4.78, 5) is 30.5. The van der Waals surface area contributed by atoms with Crippen LogP contribution in [0.5, 0.6) is 0 Å². The lowest BCUT2D eigenvalue weighted by molar-refractivity contribution is -0.115. The van der Waals surface area contributed by atoms with Crippen molar-refractivity contribution in [3.05, 3.63) is 0 Å². The molecule has 16 heteroatoms. The highest BCUT2D eigenvalue weighted by Gasteiger charge is 2.37. The molecule has 12 nitrogen and oxygen atoms in total. The zero-order chi connectivity index (χ0) is 46.4. The van der Waals surface area contributed by atoms with E-state index in [2.05, 4.69) is 153 Å². The number of piperidine rings is 1. The van der Waals surface area contributed by atoms with E-state index in [1.165, 1.54) is 23.5 Å². The highest BCUT2D eigenvalue weighted by Crippen LogP contribution is 2.52. The first-order chi connectivity index (χ1) is 28.7. The maximum atomic E-state index is 13.1. The largest absolute Gasteiger partial charge is 0.378 e. The second kappa shape index (κ2) is 32.2. The number of ether oxygens (including phenoxy) is 2. The third-order valence-corrected chi connectivity index (χ3v) is 18.8. The zero-order valence-corrected chi connectivity index (χ0v) is 45.6. The van der Waals surface area contributed by atoms with Crippen LogP contribution in [0.2, 0.25) is 0 Å². The van der Waals surface area contributed by atoms with E-state index in [1.54, 1.807) is 0 Å². The third kappa shape index (κ3) is 22.2. The predicted octanol–water partition coefficient (Wildman–Crippen LogP) is 10.3. The minimum Gasteiger partial charge on any atom is -0.378 e. The van der Waals surface area contributed by atoms with Crippen molar-refractivity contribution in [1.82, 2.24) is 28.5 Å². The quantitative estimate of drug-likeness (QED) is 0.0355. The van der Waals surface area contributed by atoms with Gasteiger partial charge >= 0.3 is 0 Å². The molecule has 0 aromatic rings. The van der Waals surface area contributed by atoms with Gasteiger partial charge in [-0.2, -0.15) is 0 Å². The van der Waals surface area contributed by atoms with Crippen LogP contribution in [-0.4, -0.2) is 171 Å². The van der Waals surface area contributed by atoms with E-state index in [1.807, 2.05) is 0 Å². The van der Waals surface area contributed by atoms with Gasteiger partial charge in [-0.15, -0.1) is 0 Å². The molecule has 1 heterocycles. The molecular formula is C45H94N6O6P2S2. The molecule has 61 heavy (non-hydrogen) atoms. The van der Waals surface area contributed by atoms with Crippen molar-refractivity contribution in [3.63, 3.8) is 0 Å². The van der Waals surface area contributed by atoms with Crippen LogP contribution in [0.4, 0.5) is 0 Å². The van der Waals surface area contributed by atoms with Gasteiger partial charge in [0.15, 0.2) is 27.1 Å². The summed E-state index contributed by atoms with van der Waals surface area (Å²) in [6.07, 6.45) is 3.35. The van der Waals surface area contributed by atoms with Gasteiger partial charge in [0.25, 0.3) is 0 Å². The van der Waals surface area contributed by atoms with Crippen LogP contribution in [0, 0.1) is 5.92 Å². The fourth-order valence-corrected chi connectivity index (χ4v) is 14.4. The number of carbonyl (C=O) groups excluding carboxylic acids is 2. The lowest BCUT2D eigenvalue weighted by Crippen LogP contribution is -2.46. The molecule has 0 amide bonds. The SMILES string of the molecule is CCN(CCC(=O)SCCOCCOP(N(C(C)C)C(C)C)N(C(C)C)C(C)C)C(C)CC(C)N(C(C)C)P(OCCOCSC(=O)C1CCN(C)CC1)N(C(C)C)C(C)C. The van der Waals surface area contributed by atoms with E-state index in [4.69, 9.17) is 18.5 Å². The van der Waals surface area contributed by atoms with Crippen LogP contribution in [-0.2, 0) is 28.1 Å². The number of hydrogen-bond acceptors (Lipinski definition) is 14. The molecule has 0 spiro atoms. The van der Waals surface area contributed by atoms with E-state index in [0.29, 0.717) is 93.4 Å². The maximum absolute atomic E-state index is 13.1. The number of likely N-dealkylation sites (tertiary alicyclic amines) is 1. The average molecular weight is 941 g/mol. The number of hydrogen-bond donors (Lipinski definition) is 0.